The number of para-hydroxylation sites is 2. The molecule has 0 fully saturated rings. The number of nitrogens with two attached hydrogens (primary N) is 1. The van der Waals surface area contributed by atoms with Gasteiger partial charge in [-0.3, -0.25) is 0 Å². The van der Waals surface area contributed by atoms with Gasteiger partial charge in [0.1, 0.15) is 0 Å². The lowest BCUT2D eigenvalue weighted by Crippen LogP contribution is -1.93. The molecule has 1 heterocycles. The molecular formula is C18H14N2. The van der Waals surface area contributed by atoms with Crippen molar-refractivity contribution in [2.45, 2.75) is 0 Å². The summed E-state index contributed by atoms with van der Waals surface area (Å²) in [6, 6.07) is 22.7. The van der Waals surface area contributed by atoms with Gasteiger partial charge in [0.05, 0.1) is 0 Å². The topological polar surface area (TPSA) is 38.0 Å². The second kappa shape index (κ2) is 4.14. The fraction of sp³-hybridized carbons (Fsp3) is 0. The van der Waals surface area contributed by atoms with Gasteiger partial charge in [-0.15, -0.1) is 0 Å². The molecule has 0 spiro atoms. The second-order valence-electron chi connectivity index (χ2n) is 4.99. The van der Waals surface area contributed by atoms with Crippen LogP contribution in [0.15, 0.2) is 66.7 Å². The summed E-state index contributed by atoms with van der Waals surface area (Å²) in [4.78, 5) is 0. The lowest BCUT2D eigenvalue weighted by molar-refractivity contribution is 1.57. The van der Waals surface area contributed by atoms with E-state index in [4.69, 9.17) is 5.73 Å². The summed E-state index contributed by atoms with van der Waals surface area (Å²) >= 11 is 0. The van der Waals surface area contributed by atoms with E-state index in [1.54, 1.807) is 0 Å². The average Bonchev–Trinajstić information content (AvgIpc) is 2.62. The minimum Gasteiger partial charge on any atom is -0.398 e. The molecule has 3 aromatic rings. The van der Waals surface area contributed by atoms with Crippen LogP contribution < -0.4 is 11.1 Å². The van der Waals surface area contributed by atoms with E-state index in [-0.39, 0.29) is 0 Å². The first-order valence-electron chi connectivity index (χ1n) is 6.69. The standard InChI is InChI=1S/C18H14N2/c19-15-9-5-8-13-12-6-1-3-10-16(12)20-17-11-4-2-7-14(17)18(13)15/h1-11,20H,19H2. The van der Waals surface area contributed by atoms with E-state index >= 15 is 0 Å². The summed E-state index contributed by atoms with van der Waals surface area (Å²) in [5.41, 5.74) is 13.9. The van der Waals surface area contributed by atoms with E-state index in [2.05, 4.69) is 41.7 Å². The van der Waals surface area contributed by atoms with Gasteiger partial charge in [-0.1, -0.05) is 48.5 Å². The highest BCUT2D eigenvalue weighted by Crippen LogP contribution is 2.46. The van der Waals surface area contributed by atoms with Crippen molar-refractivity contribution >= 4 is 17.1 Å². The summed E-state index contributed by atoms with van der Waals surface area (Å²) in [5, 5.41) is 3.52. The van der Waals surface area contributed by atoms with Crippen molar-refractivity contribution < 1.29 is 0 Å². The van der Waals surface area contributed by atoms with Crippen LogP contribution in [-0.2, 0) is 0 Å². The summed E-state index contributed by atoms with van der Waals surface area (Å²) in [6.45, 7) is 0. The average molecular weight is 258 g/mol. The molecule has 0 unspecified atom stereocenters. The first kappa shape index (κ1) is 11.1. The number of anilines is 3. The van der Waals surface area contributed by atoms with Crippen LogP contribution >= 0.6 is 0 Å². The van der Waals surface area contributed by atoms with E-state index in [0.29, 0.717) is 0 Å². The predicted octanol–water partition coefficient (Wildman–Crippen LogP) is 4.66. The van der Waals surface area contributed by atoms with Gasteiger partial charge in [0.15, 0.2) is 0 Å². The Hall–Kier alpha value is -2.74. The van der Waals surface area contributed by atoms with Crippen molar-refractivity contribution in [2.24, 2.45) is 0 Å². The minimum atomic E-state index is 0.813. The molecule has 1 aliphatic rings. The number of hydrogen-bond donors (Lipinski definition) is 2. The van der Waals surface area contributed by atoms with Crippen LogP contribution in [0, 0.1) is 0 Å². The van der Waals surface area contributed by atoms with Crippen LogP contribution in [-0.4, -0.2) is 0 Å². The first-order chi connectivity index (χ1) is 9.84. The SMILES string of the molecule is Nc1cccc2c1-c1ccccc1Nc1ccccc1-2. The maximum absolute atomic E-state index is 6.25. The second-order valence-corrected chi connectivity index (χ2v) is 4.99. The van der Waals surface area contributed by atoms with E-state index in [1.807, 2.05) is 30.3 Å². The number of fused-ring (bicyclic) bond motifs is 5. The molecule has 0 aliphatic carbocycles. The highest BCUT2D eigenvalue weighted by atomic mass is 14.9. The maximum Gasteiger partial charge on any atom is 0.0465 e. The Morgan fingerprint density at radius 2 is 1.20 bits per heavy atom. The minimum absolute atomic E-state index is 0.813. The van der Waals surface area contributed by atoms with Crippen molar-refractivity contribution in [3.63, 3.8) is 0 Å². The molecule has 0 bridgehead atoms. The molecule has 0 atom stereocenters. The maximum atomic E-state index is 6.25. The zero-order valence-corrected chi connectivity index (χ0v) is 10.9. The fourth-order valence-electron chi connectivity index (χ4n) is 2.88. The Bertz CT molecular complexity index is 806. The van der Waals surface area contributed by atoms with Gasteiger partial charge < -0.3 is 11.1 Å². The lowest BCUT2D eigenvalue weighted by atomic mass is 9.93. The third-order valence-corrected chi connectivity index (χ3v) is 3.78. The largest absolute Gasteiger partial charge is 0.398 e. The normalized spacial score (nSPS) is 11.6. The zero-order chi connectivity index (χ0) is 13.5. The van der Waals surface area contributed by atoms with E-state index in [0.717, 1.165) is 28.2 Å². The Morgan fingerprint density at radius 3 is 2.00 bits per heavy atom. The molecule has 0 saturated carbocycles. The van der Waals surface area contributed by atoms with Gasteiger partial charge in [0.25, 0.3) is 0 Å². The van der Waals surface area contributed by atoms with Gasteiger partial charge in [-0.25, -0.2) is 0 Å². The Kier molecular flexibility index (Phi) is 2.30. The highest BCUT2D eigenvalue weighted by Gasteiger charge is 2.19. The summed E-state index contributed by atoms with van der Waals surface area (Å²) in [6.07, 6.45) is 0. The number of hydrogen-bond acceptors (Lipinski definition) is 2. The summed E-state index contributed by atoms with van der Waals surface area (Å²) < 4.78 is 0. The monoisotopic (exact) mass is 258 g/mol. The van der Waals surface area contributed by atoms with Crippen molar-refractivity contribution in [2.75, 3.05) is 11.1 Å². The highest BCUT2D eigenvalue weighted by molar-refractivity contribution is 6.02. The molecule has 1 aliphatic heterocycles. The lowest BCUT2D eigenvalue weighted by Gasteiger charge is -2.11. The van der Waals surface area contributed by atoms with Crippen molar-refractivity contribution in [3.8, 4) is 22.3 Å². The number of nitrogens with one attached hydrogen (secondary N) is 1. The fourth-order valence-corrected chi connectivity index (χ4v) is 2.88. The van der Waals surface area contributed by atoms with Crippen molar-refractivity contribution in [1.29, 1.82) is 0 Å². The van der Waals surface area contributed by atoms with Crippen molar-refractivity contribution in [1.82, 2.24) is 0 Å². The molecule has 0 radical (unpaired) electrons. The van der Waals surface area contributed by atoms with Crippen LogP contribution in [0.2, 0.25) is 0 Å². The molecule has 3 N–H and O–H groups in total. The third kappa shape index (κ3) is 1.51. The molecule has 20 heavy (non-hydrogen) atoms. The van der Waals surface area contributed by atoms with Crippen LogP contribution in [0.1, 0.15) is 0 Å². The van der Waals surface area contributed by atoms with Crippen LogP contribution in [0.5, 0.6) is 0 Å². The van der Waals surface area contributed by atoms with Crippen LogP contribution in [0.25, 0.3) is 22.3 Å². The molecule has 0 saturated heterocycles. The molecule has 2 heteroatoms. The number of nitrogen functional groups attached to an aromatic ring is 1. The predicted molar refractivity (Wildman–Crippen MR) is 85.0 cm³/mol. The molecule has 96 valence electrons. The van der Waals surface area contributed by atoms with Gasteiger partial charge >= 0.3 is 0 Å². The first-order valence-corrected chi connectivity index (χ1v) is 6.69. The van der Waals surface area contributed by atoms with Gasteiger partial charge in [0.2, 0.25) is 0 Å². The number of rotatable bonds is 0. The van der Waals surface area contributed by atoms with E-state index < -0.39 is 0 Å². The third-order valence-electron chi connectivity index (χ3n) is 3.78. The van der Waals surface area contributed by atoms with Crippen LogP contribution in [0.4, 0.5) is 17.1 Å². The molecule has 0 amide bonds. The molecule has 2 nitrogen and oxygen atoms in total. The Labute approximate surface area is 117 Å². The van der Waals surface area contributed by atoms with Gasteiger partial charge in [-0.05, 0) is 23.8 Å². The van der Waals surface area contributed by atoms with E-state index in [9.17, 15) is 0 Å². The van der Waals surface area contributed by atoms with E-state index in [1.165, 1.54) is 11.1 Å². The summed E-state index contributed by atoms with van der Waals surface area (Å²) in [7, 11) is 0. The molecule has 0 aromatic heterocycles. The molecular weight excluding hydrogens is 244 g/mol. The Morgan fingerprint density at radius 1 is 0.600 bits per heavy atom. The summed E-state index contributed by atoms with van der Waals surface area (Å²) in [5.74, 6) is 0. The quantitative estimate of drug-likeness (QED) is 0.450. The number of benzene rings is 3. The van der Waals surface area contributed by atoms with Crippen LogP contribution in [0.3, 0.4) is 0 Å². The van der Waals surface area contributed by atoms with Gasteiger partial charge in [0, 0.05) is 33.8 Å². The molecule has 4 rings (SSSR count). The van der Waals surface area contributed by atoms with Gasteiger partial charge in [-0.2, -0.15) is 0 Å². The Balaban J connectivity index is 2.16. The smallest absolute Gasteiger partial charge is 0.0465 e. The zero-order valence-electron chi connectivity index (χ0n) is 10.9. The molecule has 3 aromatic carbocycles. The van der Waals surface area contributed by atoms with Crippen molar-refractivity contribution in [3.05, 3.63) is 66.7 Å².